The summed E-state index contributed by atoms with van der Waals surface area (Å²) in [5.41, 5.74) is 0. The van der Waals surface area contributed by atoms with Gasteiger partial charge in [0.05, 0.1) is 0 Å². The van der Waals surface area contributed by atoms with Crippen LogP contribution in [0.5, 0.6) is 0 Å². The van der Waals surface area contributed by atoms with E-state index in [0.29, 0.717) is 0 Å². The van der Waals surface area contributed by atoms with Crippen molar-refractivity contribution < 1.29 is 28.7 Å². The molecule has 4 amide bonds. The monoisotopic (exact) mass is 398 g/mol. The minimum atomic E-state index is -0.756. The Balaban J connectivity index is 1.85. The van der Waals surface area contributed by atoms with Gasteiger partial charge in [-0.1, -0.05) is 27.7 Å². The van der Waals surface area contributed by atoms with Gasteiger partial charge in [0.2, 0.25) is 11.8 Å². The lowest BCUT2D eigenvalue weighted by molar-refractivity contribution is -0.130. The number of epoxide rings is 2. The molecule has 158 valence electrons. The second kappa shape index (κ2) is 8.87. The van der Waals surface area contributed by atoms with Gasteiger partial charge in [-0.25, -0.2) is 0 Å². The number of hydrogen-bond donors (Lipinski definition) is 4. The zero-order valence-corrected chi connectivity index (χ0v) is 17.1. The summed E-state index contributed by atoms with van der Waals surface area (Å²) in [6, 6.07) is -1.33. The van der Waals surface area contributed by atoms with Gasteiger partial charge in [-0.05, 0) is 11.8 Å². The summed E-state index contributed by atoms with van der Waals surface area (Å²) in [4.78, 5) is 48.4. The predicted molar refractivity (Wildman–Crippen MR) is 99.0 cm³/mol. The van der Waals surface area contributed by atoms with Gasteiger partial charge in [-0.3, -0.25) is 19.2 Å². The summed E-state index contributed by atoms with van der Waals surface area (Å²) in [6.07, 6.45) is -2.58. The predicted octanol–water partition coefficient (Wildman–Crippen LogP) is -1.71. The van der Waals surface area contributed by atoms with E-state index in [1.165, 1.54) is 14.1 Å². The molecule has 0 radical (unpaired) electrons. The molecule has 2 heterocycles. The summed E-state index contributed by atoms with van der Waals surface area (Å²) in [6.45, 7) is 7.31. The van der Waals surface area contributed by atoms with E-state index >= 15 is 0 Å². The van der Waals surface area contributed by atoms with Gasteiger partial charge in [-0.15, -0.1) is 0 Å². The van der Waals surface area contributed by atoms with Crippen molar-refractivity contribution in [1.82, 2.24) is 21.3 Å². The summed E-state index contributed by atoms with van der Waals surface area (Å²) >= 11 is 0. The Morgan fingerprint density at radius 2 is 1.00 bits per heavy atom. The highest BCUT2D eigenvalue weighted by Gasteiger charge is 2.62. The van der Waals surface area contributed by atoms with Crippen LogP contribution in [0.1, 0.15) is 27.7 Å². The van der Waals surface area contributed by atoms with Gasteiger partial charge in [0.1, 0.15) is 24.3 Å². The molecule has 2 saturated heterocycles. The first-order chi connectivity index (χ1) is 13.1. The van der Waals surface area contributed by atoms with Crippen molar-refractivity contribution in [1.29, 1.82) is 0 Å². The van der Waals surface area contributed by atoms with Crippen molar-refractivity contribution in [3.05, 3.63) is 0 Å². The molecule has 0 unspecified atom stereocenters. The van der Waals surface area contributed by atoms with E-state index < -0.39 is 48.3 Å². The molecule has 0 bridgehead atoms. The molecular formula is C18H30N4O6. The first-order valence-electron chi connectivity index (χ1n) is 9.47. The maximum Gasteiger partial charge on any atom is 0.252 e. The van der Waals surface area contributed by atoms with E-state index in [9.17, 15) is 19.2 Å². The first kappa shape index (κ1) is 22.1. The van der Waals surface area contributed by atoms with Crippen LogP contribution >= 0.6 is 0 Å². The Morgan fingerprint density at radius 3 is 1.25 bits per heavy atom. The molecule has 10 heteroatoms. The fraction of sp³-hybridized carbons (Fsp3) is 0.778. The van der Waals surface area contributed by atoms with Crippen LogP contribution in [0.2, 0.25) is 0 Å². The highest BCUT2D eigenvalue weighted by molar-refractivity contribution is 5.92. The Bertz CT molecular complexity index is 584. The third-order valence-electron chi connectivity index (χ3n) is 4.88. The molecular weight excluding hydrogens is 368 g/mol. The number of nitrogens with one attached hydrogen (secondary N) is 4. The SMILES string of the molecule is CNC(=O)[C@@H](NC(=O)[C@H]1O[C@@H]1[C@H]1O[C@@H]1C(=O)N[C@H](C(=O)NC)C(C)C)C(C)C. The van der Waals surface area contributed by atoms with Crippen molar-refractivity contribution in [2.75, 3.05) is 14.1 Å². The van der Waals surface area contributed by atoms with Crippen molar-refractivity contribution in [2.24, 2.45) is 11.8 Å². The van der Waals surface area contributed by atoms with Crippen LogP contribution in [-0.2, 0) is 28.7 Å². The van der Waals surface area contributed by atoms with Crippen LogP contribution in [0.3, 0.4) is 0 Å². The number of amides is 4. The number of carbonyl (C=O) groups is 4. The molecule has 10 nitrogen and oxygen atoms in total. The topological polar surface area (TPSA) is 141 Å². The minimum Gasteiger partial charge on any atom is -0.357 e. The van der Waals surface area contributed by atoms with E-state index in [2.05, 4.69) is 21.3 Å². The molecule has 0 spiro atoms. The van der Waals surface area contributed by atoms with Crippen LogP contribution < -0.4 is 21.3 Å². The number of rotatable bonds is 9. The highest BCUT2D eigenvalue weighted by atomic mass is 16.7. The molecule has 6 atom stereocenters. The average molecular weight is 398 g/mol. The maximum atomic E-state index is 12.3. The van der Waals surface area contributed by atoms with Crippen molar-refractivity contribution >= 4 is 23.6 Å². The van der Waals surface area contributed by atoms with Gasteiger partial charge >= 0.3 is 0 Å². The second-order valence-corrected chi connectivity index (χ2v) is 7.73. The largest absolute Gasteiger partial charge is 0.357 e. The summed E-state index contributed by atoms with van der Waals surface area (Å²) in [5.74, 6) is -1.56. The van der Waals surface area contributed by atoms with Crippen molar-refractivity contribution in [3.8, 4) is 0 Å². The molecule has 2 aliphatic heterocycles. The Morgan fingerprint density at radius 1 is 0.679 bits per heavy atom. The quantitative estimate of drug-likeness (QED) is 0.341. The fourth-order valence-electron chi connectivity index (χ4n) is 3.02. The normalized spacial score (nSPS) is 27.6. The van der Waals surface area contributed by atoms with Gasteiger partial charge in [0, 0.05) is 14.1 Å². The third kappa shape index (κ3) is 4.99. The number of likely N-dealkylation sites (N-methyl/N-ethyl adjacent to an activating group) is 2. The van der Waals surface area contributed by atoms with Crippen LogP contribution in [0.15, 0.2) is 0 Å². The zero-order valence-electron chi connectivity index (χ0n) is 17.1. The molecule has 4 N–H and O–H groups in total. The average Bonchev–Trinajstić information content (AvgIpc) is 3.53. The van der Waals surface area contributed by atoms with Crippen LogP contribution in [-0.4, -0.2) is 74.2 Å². The van der Waals surface area contributed by atoms with Crippen molar-refractivity contribution in [2.45, 2.75) is 64.2 Å². The Kier molecular flexibility index (Phi) is 7.00. The van der Waals surface area contributed by atoms with Crippen LogP contribution in [0, 0.1) is 11.8 Å². The van der Waals surface area contributed by atoms with Gasteiger partial charge in [0.25, 0.3) is 11.8 Å². The molecule has 0 aromatic rings. The lowest BCUT2D eigenvalue weighted by Crippen LogP contribution is -2.50. The van der Waals surface area contributed by atoms with E-state index in [4.69, 9.17) is 9.47 Å². The molecule has 0 saturated carbocycles. The number of hydrogen-bond acceptors (Lipinski definition) is 6. The van der Waals surface area contributed by atoms with Gasteiger partial charge < -0.3 is 30.7 Å². The zero-order chi connectivity index (χ0) is 21.2. The molecule has 28 heavy (non-hydrogen) atoms. The summed E-state index contributed by atoms with van der Waals surface area (Å²) in [5, 5.41) is 10.4. The Hall–Kier alpha value is -2.20. The summed E-state index contributed by atoms with van der Waals surface area (Å²) in [7, 11) is 3.01. The van der Waals surface area contributed by atoms with E-state index in [1.54, 1.807) is 0 Å². The molecule has 2 aliphatic rings. The molecule has 0 aromatic carbocycles. The molecule has 0 aliphatic carbocycles. The lowest BCUT2D eigenvalue weighted by atomic mass is 10.0. The second-order valence-electron chi connectivity index (χ2n) is 7.73. The number of ether oxygens (including phenoxy) is 2. The lowest BCUT2D eigenvalue weighted by Gasteiger charge is -2.20. The smallest absolute Gasteiger partial charge is 0.252 e. The minimum absolute atomic E-state index is 0.0884. The number of carbonyl (C=O) groups excluding carboxylic acids is 4. The van der Waals surface area contributed by atoms with Crippen LogP contribution in [0.25, 0.3) is 0 Å². The molecule has 2 rings (SSSR count). The van der Waals surface area contributed by atoms with Gasteiger partial charge in [0.15, 0.2) is 12.2 Å². The standard InChI is InChI=1S/C18H30N4O6/c1-7(2)9(15(23)19-5)21-17(25)13-11(27-13)12-14(28-12)18(26)22-10(8(3)4)16(24)20-6/h7-14H,1-6H3,(H,19,23)(H,20,24)(H,21,25)(H,22,26)/t9-,10-,11+,12+,13-,14-/m0/s1. The summed E-state index contributed by atoms with van der Waals surface area (Å²) < 4.78 is 10.7. The van der Waals surface area contributed by atoms with E-state index in [0.717, 1.165) is 0 Å². The Labute approximate surface area is 164 Å². The van der Waals surface area contributed by atoms with Crippen LogP contribution in [0.4, 0.5) is 0 Å². The first-order valence-corrected chi connectivity index (χ1v) is 9.47. The highest BCUT2D eigenvalue weighted by Crippen LogP contribution is 2.39. The fourth-order valence-corrected chi connectivity index (χ4v) is 3.02. The maximum absolute atomic E-state index is 12.3. The van der Waals surface area contributed by atoms with E-state index in [-0.39, 0.29) is 23.7 Å². The molecule has 0 aromatic heterocycles. The van der Waals surface area contributed by atoms with E-state index in [1.807, 2.05) is 27.7 Å². The molecule has 2 fully saturated rings. The van der Waals surface area contributed by atoms with Gasteiger partial charge in [-0.2, -0.15) is 0 Å². The van der Waals surface area contributed by atoms with Crippen molar-refractivity contribution in [3.63, 3.8) is 0 Å². The third-order valence-corrected chi connectivity index (χ3v) is 4.88.